The first-order valence-electron chi connectivity index (χ1n) is 9.67. The molecule has 0 aromatic heterocycles. The van der Waals surface area contributed by atoms with Crippen molar-refractivity contribution in [2.75, 3.05) is 0 Å². The highest BCUT2D eigenvalue weighted by atomic mass is 16.1. The van der Waals surface area contributed by atoms with Crippen molar-refractivity contribution in [1.29, 1.82) is 0 Å². The number of carbonyl (C=O) groups excluding carboxylic acids is 1. The lowest BCUT2D eigenvalue weighted by Crippen LogP contribution is -1.92. The summed E-state index contributed by atoms with van der Waals surface area (Å²) in [6.45, 7) is 4.48. The summed E-state index contributed by atoms with van der Waals surface area (Å²) in [4.78, 5) is 11.7. The van der Waals surface area contributed by atoms with Gasteiger partial charge in [0.05, 0.1) is 0 Å². The van der Waals surface area contributed by atoms with Crippen molar-refractivity contribution in [3.05, 3.63) is 24.3 Å². The highest BCUT2D eigenvalue weighted by molar-refractivity contribution is 5.89. The van der Waals surface area contributed by atoms with Crippen molar-refractivity contribution in [3.63, 3.8) is 0 Å². The molecule has 0 saturated carbocycles. The molecule has 0 amide bonds. The lowest BCUT2D eigenvalue weighted by Gasteiger charge is -2.00. The standard InChI is InChI=1S/C21H38O/c1-3-5-7-9-11-13-15-17-19-21(22)20-18-16-14-12-10-8-6-4-2/h13,15,17,19H,3-12,14,16,18,20H2,1-2H3. The molecule has 0 aliphatic heterocycles. The van der Waals surface area contributed by atoms with Crippen LogP contribution in [0, 0.1) is 0 Å². The third-order valence-electron chi connectivity index (χ3n) is 4.03. The normalized spacial score (nSPS) is 11.7. The highest BCUT2D eigenvalue weighted by Gasteiger charge is 1.96. The van der Waals surface area contributed by atoms with Gasteiger partial charge in [-0.2, -0.15) is 0 Å². The molecule has 1 heteroatoms. The number of hydrogen-bond acceptors (Lipinski definition) is 1. The maximum Gasteiger partial charge on any atom is 0.155 e. The summed E-state index contributed by atoms with van der Waals surface area (Å²) < 4.78 is 0. The summed E-state index contributed by atoms with van der Waals surface area (Å²) in [5, 5.41) is 0. The van der Waals surface area contributed by atoms with Crippen LogP contribution in [0.1, 0.15) is 104 Å². The number of hydrogen-bond donors (Lipinski definition) is 0. The van der Waals surface area contributed by atoms with Crippen molar-refractivity contribution in [1.82, 2.24) is 0 Å². The molecule has 1 nitrogen and oxygen atoms in total. The molecule has 128 valence electrons. The monoisotopic (exact) mass is 306 g/mol. The Morgan fingerprint density at radius 3 is 1.86 bits per heavy atom. The minimum atomic E-state index is 0.279. The molecule has 0 fully saturated rings. The van der Waals surface area contributed by atoms with E-state index in [2.05, 4.69) is 19.9 Å². The van der Waals surface area contributed by atoms with Crippen LogP contribution in [0.4, 0.5) is 0 Å². The van der Waals surface area contributed by atoms with Gasteiger partial charge < -0.3 is 0 Å². The van der Waals surface area contributed by atoms with Crippen LogP contribution >= 0.6 is 0 Å². The van der Waals surface area contributed by atoms with Gasteiger partial charge in [-0.1, -0.05) is 96.3 Å². The molecule has 0 radical (unpaired) electrons. The van der Waals surface area contributed by atoms with E-state index in [1.54, 1.807) is 6.08 Å². The van der Waals surface area contributed by atoms with E-state index in [0.29, 0.717) is 0 Å². The van der Waals surface area contributed by atoms with Crippen LogP contribution in [0.3, 0.4) is 0 Å². The predicted molar refractivity (Wildman–Crippen MR) is 99.3 cm³/mol. The van der Waals surface area contributed by atoms with Crippen LogP contribution in [0.2, 0.25) is 0 Å². The van der Waals surface area contributed by atoms with Crippen LogP contribution in [-0.2, 0) is 4.79 Å². The first-order chi connectivity index (χ1) is 10.8. The Hall–Kier alpha value is -0.850. The summed E-state index contributed by atoms with van der Waals surface area (Å²) in [7, 11) is 0. The van der Waals surface area contributed by atoms with Gasteiger partial charge >= 0.3 is 0 Å². The molecule has 0 heterocycles. The largest absolute Gasteiger partial charge is 0.295 e. The molecule has 0 rings (SSSR count). The van der Waals surface area contributed by atoms with E-state index in [1.807, 2.05) is 12.2 Å². The Balaban J connectivity index is 3.37. The second kappa shape index (κ2) is 18.2. The molecule has 0 aliphatic carbocycles. The van der Waals surface area contributed by atoms with Gasteiger partial charge in [-0.25, -0.2) is 0 Å². The molecule has 0 spiro atoms. The van der Waals surface area contributed by atoms with Crippen LogP contribution < -0.4 is 0 Å². The third kappa shape index (κ3) is 17.2. The first kappa shape index (κ1) is 21.1. The second-order valence-corrected chi connectivity index (χ2v) is 6.33. The van der Waals surface area contributed by atoms with E-state index in [-0.39, 0.29) is 5.78 Å². The zero-order chi connectivity index (χ0) is 16.3. The molecule has 0 saturated heterocycles. The smallest absolute Gasteiger partial charge is 0.155 e. The fourth-order valence-electron chi connectivity index (χ4n) is 2.54. The average molecular weight is 307 g/mol. The summed E-state index contributed by atoms with van der Waals surface area (Å²) in [6.07, 6.45) is 25.2. The van der Waals surface area contributed by atoms with Crippen molar-refractivity contribution < 1.29 is 4.79 Å². The van der Waals surface area contributed by atoms with E-state index >= 15 is 0 Å². The molecule has 0 N–H and O–H groups in total. The average Bonchev–Trinajstić information content (AvgIpc) is 2.52. The third-order valence-corrected chi connectivity index (χ3v) is 4.03. The topological polar surface area (TPSA) is 17.1 Å². The lowest BCUT2D eigenvalue weighted by atomic mass is 10.1. The maximum absolute atomic E-state index is 11.7. The van der Waals surface area contributed by atoms with Crippen molar-refractivity contribution >= 4 is 5.78 Å². The van der Waals surface area contributed by atoms with Gasteiger partial charge in [-0.05, 0) is 25.3 Å². The van der Waals surface area contributed by atoms with E-state index in [9.17, 15) is 4.79 Å². The molecular formula is C21H38O. The first-order valence-corrected chi connectivity index (χ1v) is 9.67. The van der Waals surface area contributed by atoms with Crippen LogP contribution in [0.5, 0.6) is 0 Å². The van der Waals surface area contributed by atoms with E-state index in [1.165, 1.54) is 70.6 Å². The summed E-state index contributed by atoms with van der Waals surface area (Å²) >= 11 is 0. The molecule has 0 aromatic rings. The summed E-state index contributed by atoms with van der Waals surface area (Å²) in [6, 6.07) is 0. The van der Waals surface area contributed by atoms with Crippen LogP contribution in [0.25, 0.3) is 0 Å². The van der Waals surface area contributed by atoms with E-state index in [0.717, 1.165) is 19.3 Å². The van der Waals surface area contributed by atoms with Gasteiger partial charge in [0, 0.05) is 6.42 Å². The number of unbranched alkanes of at least 4 members (excludes halogenated alkanes) is 11. The minimum Gasteiger partial charge on any atom is -0.295 e. The van der Waals surface area contributed by atoms with Crippen molar-refractivity contribution in [2.45, 2.75) is 104 Å². The van der Waals surface area contributed by atoms with Crippen molar-refractivity contribution in [3.8, 4) is 0 Å². The lowest BCUT2D eigenvalue weighted by molar-refractivity contribution is -0.114. The number of carbonyl (C=O) groups is 1. The second-order valence-electron chi connectivity index (χ2n) is 6.33. The van der Waals surface area contributed by atoms with Crippen LogP contribution in [0.15, 0.2) is 24.3 Å². The molecule has 0 unspecified atom stereocenters. The molecule has 0 aromatic carbocycles. The molecule has 22 heavy (non-hydrogen) atoms. The molecular weight excluding hydrogens is 268 g/mol. The van der Waals surface area contributed by atoms with Crippen LogP contribution in [-0.4, -0.2) is 5.78 Å². The fraction of sp³-hybridized carbons (Fsp3) is 0.762. The number of ketones is 1. The van der Waals surface area contributed by atoms with Gasteiger partial charge in [-0.15, -0.1) is 0 Å². The fourth-order valence-corrected chi connectivity index (χ4v) is 2.54. The maximum atomic E-state index is 11.7. The predicted octanol–water partition coefficient (Wildman–Crippen LogP) is 7.17. The van der Waals surface area contributed by atoms with Gasteiger partial charge in [0.1, 0.15) is 0 Å². The zero-order valence-corrected chi connectivity index (χ0v) is 15.1. The number of allylic oxidation sites excluding steroid dienone is 4. The number of rotatable bonds is 16. The quantitative estimate of drug-likeness (QED) is 0.168. The Labute approximate surface area is 139 Å². The van der Waals surface area contributed by atoms with Gasteiger partial charge in [-0.3, -0.25) is 4.79 Å². The highest BCUT2D eigenvalue weighted by Crippen LogP contribution is 2.10. The Morgan fingerprint density at radius 2 is 1.23 bits per heavy atom. The molecule has 0 bridgehead atoms. The van der Waals surface area contributed by atoms with E-state index < -0.39 is 0 Å². The van der Waals surface area contributed by atoms with Gasteiger partial charge in [0.25, 0.3) is 0 Å². The molecule has 0 aliphatic rings. The molecule has 0 atom stereocenters. The Morgan fingerprint density at radius 1 is 0.682 bits per heavy atom. The Bertz CT molecular complexity index is 288. The van der Waals surface area contributed by atoms with Gasteiger partial charge in [0.15, 0.2) is 5.78 Å². The zero-order valence-electron chi connectivity index (χ0n) is 15.1. The SMILES string of the molecule is CCCCCCC=CC=CC(=O)CCCCCCCCCC. The minimum absolute atomic E-state index is 0.279. The summed E-state index contributed by atoms with van der Waals surface area (Å²) in [5.74, 6) is 0.279. The van der Waals surface area contributed by atoms with Gasteiger partial charge in [0.2, 0.25) is 0 Å². The Kier molecular flexibility index (Phi) is 17.5. The summed E-state index contributed by atoms with van der Waals surface area (Å²) in [5.41, 5.74) is 0. The van der Waals surface area contributed by atoms with Crippen molar-refractivity contribution in [2.24, 2.45) is 0 Å². The van der Waals surface area contributed by atoms with E-state index in [4.69, 9.17) is 0 Å².